The summed E-state index contributed by atoms with van der Waals surface area (Å²) in [6, 6.07) is 4.04. The quantitative estimate of drug-likeness (QED) is 0.827. The normalized spacial score (nSPS) is 16.9. The summed E-state index contributed by atoms with van der Waals surface area (Å²) >= 11 is 4.77. The van der Waals surface area contributed by atoms with Crippen LogP contribution in [0.2, 0.25) is 0 Å². The molecule has 0 atom stereocenters. The summed E-state index contributed by atoms with van der Waals surface area (Å²) in [5.74, 6) is -0.642. The number of hydrogen-bond acceptors (Lipinski definition) is 3. The van der Waals surface area contributed by atoms with Crippen LogP contribution in [0.1, 0.15) is 24.8 Å². The SMILES string of the molecule is NC(=S)c1c(F)cccc1NS(=O)(=O)N1CCCCC1. The van der Waals surface area contributed by atoms with Crippen molar-refractivity contribution in [1.82, 2.24) is 4.31 Å². The summed E-state index contributed by atoms with van der Waals surface area (Å²) in [4.78, 5) is -0.181. The van der Waals surface area contributed by atoms with Gasteiger partial charge in [-0.25, -0.2) is 4.39 Å². The Hall–Kier alpha value is -1.25. The van der Waals surface area contributed by atoms with Crippen LogP contribution in [-0.4, -0.2) is 30.8 Å². The van der Waals surface area contributed by atoms with Gasteiger partial charge in [0.2, 0.25) is 0 Å². The van der Waals surface area contributed by atoms with Crippen LogP contribution in [0.15, 0.2) is 18.2 Å². The van der Waals surface area contributed by atoms with Crippen LogP contribution in [0.3, 0.4) is 0 Å². The molecule has 1 aliphatic heterocycles. The molecule has 3 N–H and O–H groups in total. The Bertz CT molecular complexity index is 613. The maximum Gasteiger partial charge on any atom is 0.301 e. The van der Waals surface area contributed by atoms with Gasteiger partial charge in [-0.2, -0.15) is 12.7 Å². The first-order chi connectivity index (χ1) is 9.42. The van der Waals surface area contributed by atoms with Crippen LogP contribution >= 0.6 is 12.2 Å². The van der Waals surface area contributed by atoms with Gasteiger partial charge in [-0.1, -0.05) is 24.7 Å². The molecule has 1 saturated heterocycles. The molecule has 0 radical (unpaired) electrons. The number of benzene rings is 1. The molecule has 0 amide bonds. The Labute approximate surface area is 123 Å². The van der Waals surface area contributed by atoms with Crippen LogP contribution in [0.4, 0.5) is 10.1 Å². The molecule has 0 aliphatic carbocycles. The summed E-state index contributed by atoms with van der Waals surface area (Å²) in [7, 11) is -3.71. The molecule has 1 aliphatic rings. The van der Waals surface area contributed by atoms with Gasteiger partial charge in [0, 0.05) is 13.1 Å². The number of nitrogens with two attached hydrogens (primary N) is 1. The summed E-state index contributed by atoms with van der Waals surface area (Å²) in [6.45, 7) is 0.931. The number of hydrogen-bond donors (Lipinski definition) is 2. The highest BCUT2D eigenvalue weighted by Crippen LogP contribution is 2.22. The lowest BCUT2D eigenvalue weighted by molar-refractivity contribution is 0.349. The summed E-state index contributed by atoms with van der Waals surface area (Å²) in [5.41, 5.74) is 5.45. The molecular weight excluding hydrogens is 301 g/mol. The van der Waals surface area contributed by atoms with E-state index in [-0.39, 0.29) is 16.2 Å². The van der Waals surface area contributed by atoms with Crippen molar-refractivity contribution in [3.63, 3.8) is 0 Å². The predicted octanol–water partition coefficient (Wildman–Crippen LogP) is 1.60. The Morgan fingerprint density at radius 3 is 2.55 bits per heavy atom. The van der Waals surface area contributed by atoms with Gasteiger partial charge in [-0.05, 0) is 25.0 Å². The molecule has 1 aromatic rings. The van der Waals surface area contributed by atoms with Gasteiger partial charge < -0.3 is 5.73 Å². The zero-order valence-electron chi connectivity index (χ0n) is 10.8. The second-order valence-electron chi connectivity index (χ2n) is 4.59. The van der Waals surface area contributed by atoms with Gasteiger partial charge in [0.25, 0.3) is 0 Å². The third-order valence-corrected chi connectivity index (χ3v) is 4.88. The molecule has 8 heteroatoms. The second-order valence-corrected chi connectivity index (χ2v) is 6.70. The van der Waals surface area contributed by atoms with E-state index in [1.807, 2.05) is 0 Å². The van der Waals surface area contributed by atoms with E-state index in [1.165, 1.54) is 22.5 Å². The standard InChI is InChI=1S/C12H16FN3O2S2/c13-9-5-4-6-10(11(9)12(14)19)15-20(17,18)16-7-2-1-3-8-16/h4-6,15H,1-3,7-8H2,(H2,14,19). The second kappa shape index (κ2) is 6.02. The highest BCUT2D eigenvalue weighted by molar-refractivity contribution is 7.90. The molecule has 110 valence electrons. The van der Waals surface area contributed by atoms with Crippen molar-refractivity contribution in [3.05, 3.63) is 29.6 Å². The van der Waals surface area contributed by atoms with E-state index in [9.17, 15) is 12.8 Å². The lowest BCUT2D eigenvalue weighted by Crippen LogP contribution is -2.39. The number of rotatable bonds is 4. The fourth-order valence-corrected chi connectivity index (χ4v) is 3.69. The summed E-state index contributed by atoms with van der Waals surface area (Å²) in [6.07, 6.45) is 2.67. The first-order valence-corrected chi connectivity index (χ1v) is 8.13. The largest absolute Gasteiger partial charge is 0.389 e. The molecule has 2 rings (SSSR count). The van der Waals surface area contributed by atoms with E-state index in [0.717, 1.165) is 19.3 Å². The Kier molecular flexibility index (Phi) is 4.56. The molecule has 1 aromatic carbocycles. The average Bonchev–Trinajstić information content (AvgIpc) is 2.39. The van der Waals surface area contributed by atoms with Crippen molar-refractivity contribution in [3.8, 4) is 0 Å². The number of anilines is 1. The maximum atomic E-state index is 13.7. The molecule has 1 fully saturated rings. The first kappa shape index (κ1) is 15.1. The molecular formula is C12H16FN3O2S2. The van der Waals surface area contributed by atoms with Gasteiger partial charge in [-0.3, -0.25) is 4.72 Å². The third kappa shape index (κ3) is 3.25. The number of nitrogens with one attached hydrogen (secondary N) is 1. The number of piperidine rings is 1. The average molecular weight is 317 g/mol. The zero-order valence-corrected chi connectivity index (χ0v) is 12.4. The van der Waals surface area contributed by atoms with Crippen molar-refractivity contribution in [2.45, 2.75) is 19.3 Å². The van der Waals surface area contributed by atoms with Crippen LogP contribution in [-0.2, 0) is 10.2 Å². The Morgan fingerprint density at radius 1 is 1.30 bits per heavy atom. The number of halogens is 1. The fraction of sp³-hybridized carbons (Fsp3) is 0.417. The van der Waals surface area contributed by atoms with Gasteiger partial charge in [0.15, 0.2) is 0 Å². The van der Waals surface area contributed by atoms with Crippen molar-refractivity contribution in [2.75, 3.05) is 17.8 Å². The lowest BCUT2D eigenvalue weighted by atomic mass is 10.2. The molecule has 0 unspecified atom stereocenters. The van der Waals surface area contributed by atoms with Crippen molar-refractivity contribution >= 4 is 33.1 Å². The van der Waals surface area contributed by atoms with Crippen LogP contribution in [0.25, 0.3) is 0 Å². The minimum Gasteiger partial charge on any atom is -0.389 e. The highest BCUT2D eigenvalue weighted by Gasteiger charge is 2.25. The van der Waals surface area contributed by atoms with E-state index in [1.54, 1.807) is 0 Å². The molecule has 5 nitrogen and oxygen atoms in total. The molecule has 1 heterocycles. The van der Waals surface area contributed by atoms with Gasteiger partial charge >= 0.3 is 10.2 Å². The van der Waals surface area contributed by atoms with Gasteiger partial charge in [-0.15, -0.1) is 0 Å². The minimum atomic E-state index is -3.71. The number of nitrogens with zero attached hydrogens (tertiary/aromatic N) is 1. The Morgan fingerprint density at radius 2 is 1.95 bits per heavy atom. The smallest absolute Gasteiger partial charge is 0.301 e. The minimum absolute atomic E-state index is 0.0723. The Balaban J connectivity index is 2.29. The van der Waals surface area contributed by atoms with Crippen LogP contribution in [0.5, 0.6) is 0 Å². The maximum absolute atomic E-state index is 13.7. The number of thiocarbonyl (C=S) groups is 1. The molecule has 0 spiro atoms. The van der Waals surface area contributed by atoms with E-state index >= 15 is 0 Å². The molecule has 0 saturated carbocycles. The molecule has 0 aromatic heterocycles. The van der Waals surface area contributed by atoms with E-state index in [0.29, 0.717) is 13.1 Å². The van der Waals surface area contributed by atoms with Crippen LogP contribution < -0.4 is 10.5 Å². The third-order valence-electron chi connectivity index (χ3n) is 3.15. The van der Waals surface area contributed by atoms with E-state index in [4.69, 9.17) is 18.0 Å². The first-order valence-electron chi connectivity index (χ1n) is 6.28. The van der Waals surface area contributed by atoms with Crippen molar-refractivity contribution in [1.29, 1.82) is 0 Å². The lowest BCUT2D eigenvalue weighted by Gasteiger charge is -2.26. The van der Waals surface area contributed by atoms with Gasteiger partial charge in [0.05, 0.1) is 11.3 Å². The zero-order chi connectivity index (χ0) is 14.8. The van der Waals surface area contributed by atoms with Crippen molar-refractivity contribution < 1.29 is 12.8 Å². The topological polar surface area (TPSA) is 75.4 Å². The van der Waals surface area contributed by atoms with Crippen molar-refractivity contribution in [2.24, 2.45) is 5.73 Å². The summed E-state index contributed by atoms with van der Waals surface area (Å²) < 4.78 is 41.9. The highest BCUT2D eigenvalue weighted by atomic mass is 32.2. The summed E-state index contributed by atoms with van der Waals surface area (Å²) in [5, 5.41) is 0. The molecule has 20 heavy (non-hydrogen) atoms. The predicted molar refractivity (Wildman–Crippen MR) is 80.3 cm³/mol. The molecule has 0 bridgehead atoms. The fourth-order valence-electron chi connectivity index (χ4n) is 2.17. The van der Waals surface area contributed by atoms with E-state index in [2.05, 4.69) is 4.72 Å². The van der Waals surface area contributed by atoms with Gasteiger partial charge in [0.1, 0.15) is 10.8 Å². The van der Waals surface area contributed by atoms with Crippen LogP contribution in [0, 0.1) is 5.82 Å². The van der Waals surface area contributed by atoms with E-state index < -0.39 is 16.0 Å². The monoisotopic (exact) mass is 317 g/mol.